The van der Waals surface area contributed by atoms with Crippen LogP contribution in [0.4, 0.5) is 14.5 Å². The summed E-state index contributed by atoms with van der Waals surface area (Å²) in [5.41, 5.74) is 6.67. The van der Waals surface area contributed by atoms with Gasteiger partial charge in [-0.05, 0) is 18.2 Å². The molecule has 0 aliphatic heterocycles. The number of aromatic amines is 1. The molecule has 0 aliphatic carbocycles. The van der Waals surface area contributed by atoms with Crippen LogP contribution in [0.5, 0.6) is 0 Å². The van der Waals surface area contributed by atoms with Gasteiger partial charge in [0.25, 0.3) is 0 Å². The maximum Gasteiger partial charge on any atom is 0.153 e. The van der Waals surface area contributed by atoms with Gasteiger partial charge in [0.15, 0.2) is 5.82 Å². The molecule has 0 atom stereocenters. The molecule has 3 aromatic rings. The molecule has 0 fully saturated rings. The monoisotopic (exact) mass is 313 g/mol. The second-order valence-electron chi connectivity index (χ2n) is 4.19. The lowest BCUT2D eigenvalue weighted by molar-refractivity contribution is 0.591. The van der Waals surface area contributed by atoms with Crippen molar-refractivity contribution in [2.75, 3.05) is 5.73 Å². The molecular formula is C13H7Cl2F2N3. The van der Waals surface area contributed by atoms with Gasteiger partial charge < -0.3 is 10.7 Å². The highest BCUT2D eigenvalue weighted by atomic mass is 35.5. The van der Waals surface area contributed by atoms with Crippen molar-refractivity contribution >= 4 is 39.9 Å². The molecule has 0 spiro atoms. The summed E-state index contributed by atoms with van der Waals surface area (Å²) in [6.45, 7) is 0. The molecule has 0 saturated carbocycles. The van der Waals surface area contributed by atoms with Crippen LogP contribution in [0.2, 0.25) is 10.0 Å². The first-order chi connectivity index (χ1) is 9.47. The van der Waals surface area contributed by atoms with E-state index in [4.69, 9.17) is 28.9 Å². The quantitative estimate of drug-likeness (QED) is 0.654. The Morgan fingerprint density at radius 1 is 1.10 bits per heavy atom. The van der Waals surface area contributed by atoms with Crippen LogP contribution in [0.25, 0.3) is 22.4 Å². The number of halogens is 4. The Morgan fingerprint density at radius 3 is 2.55 bits per heavy atom. The summed E-state index contributed by atoms with van der Waals surface area (Å²) in [4.78, 5) is 6.85. The number of aromatic nitrogens is 2. The molecule has 3 rings (SSSR count). The normalized spacial score (nSPS) is 11.2. The molecule has 0 saturated heterocycles. The molecular weight excluding hydrogens is 307 g/mol. The Bertz CT molecular complexity index is 830. The molecule has 0 unspecified atom stereocenters. The third-order valence-electron chi connectivity index (χ3n) is 2.88. The first kappa shape index (κ1) is 13.1. The Labute approximate surface area is 122 Å². The second kappa shape index (κ2) is 4.61. The highest BCUT2D eigenvalue weighted by Crippen LogP contribution is 2.37. The Balaban J connectivity index is 2.31. The van der Waals surface area contributed by atoms with Gasteiger partial charge in [-0.2, -0.15) is 0 Å². The van der Waals surface area contributed by atoms with Gasteiger partial charge in [-0.25, -0.2) is 13.8 Å². The van der Waals surface area contributed by atoms with Gasteiger partial charge in [0, 0.05) is 6.07 Å². The van der Waals surface area contributed by atoms with Crippen molar-refractivity contribution in [3.8, 4) is 11.4 Å². The molecule has 3 nitrogen and oxygen atoms in total. The summed E-state index contributed by atoms with van der Waals surface area (Å²) < 4.78 is 26.8. The van der Waals surface area contributed by atoms with E-state index in [1.54, 1.807) is 12.1 Å². The van der Waals surface area contributed by atoms with Crippen molar-refractivity contribution in [2.24, 2.45) is 0 Å². The first-order valence-electron chi connectivity index (χ1n) is 5.56. The fourth-order valence-electron chi connectivity index (χ4n) is 1.97. The van der Waals surface area contributed by atoms with Gasteiger partial charge in [-0.15, -0.1) is 0 Å². The van der Waals surface area contributed by atoms with Crippen molar-refractivity contribution in [2.45, 2.75) is 0 Å². The zero-order valence-corrected chi connectivity index (χ0v) is 11.4. The van der Waals surface area contributed by atoms with Crippen LogP contribution in [0.1, 0.15) is 0 Å². The van der Waals surface area contributed by atoms with Crippen LogP contribution in [0.3, 0.4) is 0 Å². The second-order valence-corrected chi connectivity index (χ2v) is 5.00. The molecule has 7 heteroatoms. The number of rotatable bonds is 1. The fraction of sp³-hybridized carbons (Fsp3) is 0. The Kier molecular flexibility index (Phi) is 3.03. The van der Waals surface area contributed by atoms with Gasteiger partial charge in [0.2, 0.25) is 0 Å². The first-order valence-corrected chi connectivity index (χ1v) is 6.31. The lowest BCUT2D eigenvalue weighted by Crippen LogP contribution is -1.93. The van der Waals surface area contributed by atoms with E-state index < -0.39 is 11.6 Å². The van der Waals surface area contributed by atoms with Crippen molar-refractivity contribution < 1.29 is 8.78 Å². The standard InChI is InChI=1S/C13H7Cl2F2N3/c14-6-1-2-7(15)11(18)10(6)13-19-9-4-5(16)3-8(17)12(9)20-13/h1-4H,18H2,(H,19,20). The maximum atomic E-state index is 13.6. The van der Waals surface area contributed by atoms with Crippen LogP contribution < -0.4 is 5.73 Å². The molecule has 20 heavy (non-hydrogen) atoms. The maximum absolute atomic E-state index is 13.6. The molecule has 102 valence electrons. The molecule has 1 heterocycles. The third kappa shape index (κ3) is 1.99. The van der Waals surface area contributed by atoms with Crippen molar-refractivity contribution in [1.82, 2.24) is 9.97 Å². The van der Waals surface area contributed by atoms with E-state index in [1.165, 1.54) is 0 Å². The summed E-state index contributed by atoms with van der Waals surface area (Å²) in [6.07, 6.45) is 0. The van der Waals surface area contributed by atoms with E-state index in [9.17, 15) is 8.78 Å². The molecule has 3 N–H and O–H groups in total. The van der Waals surface area contributed by atoms with E-state index in [0.717, 1.165) is 12.1 Å². The van der Waals surface area contributed by atoms with Crippen molar-refractivity contribution in [3.63, 3.8) is 0 Å². The molecule has 0 amide bonds. The van der Waals surface area contributed by atoms with Gasteiger partial charge in [0.1, 0.15) is 17.2 Å². The number of hydrogen-bond donors (Lipinski definition) is 2. The van der Waals surface area contributed by atoms with Crippen LogP contribution in [-0.2, 0) is 0 Å². The van der Waals surface area contributed by atoms with Crippen LogP contribution in [0.15, 0.2) is 24.3 Å². The minimum absolute atomic E-state index is 0.0110. The number of anilines is 1. The SMILES string of the molecule is Nc1c(Cl)ccc(Cl)c1-c1nc2c(F)cc(F)cc2[nH]1. The third-order valence-corrected chi connectivity index (χ3v) is 3.53. The highest BCUT2D eigenvalue weighted by molar-refractivity contribution is 6.37. The number of hydrogen-bond acceptors (Lipinski definition) is 2. The molecule has 0 bridgehead atoms. The Hall–Kier alpha value is -1.85. The Morgan fingerprint density at radius 2 is 1.80 bits per heavy atom. The molecule has 0 aliphatic rings. The summed E-state index contributed by atoms with van der Waals surface area (Å²) in [5, 5.41) is 0.614. The number of benzene rings is 2. The number of H-pyrrole nitrogens is 1. The largest absolute Gasteiger partial charge is 0.397 e. The average molecular weight is 314 g/mol. The number of nitrogen functional groups attached to an aromatic ring is 1. The van der Waals surface area contributed by atoms with Gasteiger partial charge in [-0.3, -0.25) is 0 Å². The predicted octanol–water partition coefficient (Wildman–Crippen LogP) is 4.40. The highest BCUT2D eigenvalue weighted by Gasteiger charge is 2.16. The minimum atomic E-state index is -0.765. The molecule has 0 radical (unpaired) electrons. The zero-order chi connectivity index (χ0) is 14.4. The van der Waals surface area contributed by atoms with Crippen molar-refractivity contribution in [1.29, 1.82) is 0 Å². The van der Waals surface area contributed by atoms with E-state index in [1.807, 2.05) is 0 Å². The minimum Gasteiger partial charge on any atom is -0.397 e. The lowest BCUT2D eigenvalue weighted by Gasteiger charge is -2.06. The van der Waals surface area contributed by atoms with Gasteiger partial charge >= 0.3 is 0 Å². The van der Waals surface area contributed by atoms with Crippen molar-refractivity contribution in [3.05, 3.63) is 45.9 Å². The smallest absolute Gasteiger partial charge is 0.153 e. The van der Waals surface area contributed by atoms with Gasteiger partial charge in [0.05, 0.1) is 26.8 Å². The number of fused-ring (bicyclic) bond motifs is 1. The van der Waals surface area contributed by atoms with E-state index in [2.05, 4.69) is 9.97 Å². The van der Waals surface area contributed by atoms with E-state index >= 15 is 0 Å². The summed E-state index contributed by atoms with van der Waals surface area (Å²) in [7, 11) is 0. The van der Waals surface area contributed by atoms with E-state index in [-0.39, 0.29) is 22.5 Å². The number of nitrogens with one attached hydrogen (secondary N) is 1. The summed E-state index contributed by atoms with van der Waals surface area (Å²) >= 11 is 12.0. The lowest BCUT2D eigenvalue weighted by atomic mass is 10.1. The number of nitrogens with two attached hydrogens (primary N) is 1. The van der Waals surface area contributed by atoms with Crippen LogP contribution in [-0.4, -0.2) is 9.97 Å². The molecule has 2 aromatic carbocycles. The van der Waals surface area contributed by atoms with Crippen LogP contribution in [0, 0.1) is 11.6 Å². The fourth-order valence-corrected chi connectivity index (χ4v) is 2.38. The number of nitrogens with zero attached hydrogens (tertiary/aromatic N) is 1. The number of imidazole rings is 1. The molecule has 1 aromatic heterocycles. The van der Waals surface area contributed by atoms with Crippen LogP contribution >= 0.6 is 23.2 Å². The average Bonchev–Trinajstić information content (AvgIpc) is 2.78. The predicted molar refractivity (Wildman–Crippen MR) is 75.9 cm³/mol. The van der Waals surface area contributed by atoms with E-state index in [0.29, 0.717) is 15.6 Å². The van der Waals surface area contributed by atoms with Gasteiger partial charge in [-0.1, -0.05) is 23.2 Å². The topological polar surface area (TPSA) is 54.7 Å². The summed E-state index contributed by atoms with van der Waals surface area (Å²) in [5.74, 6) is -1.23. The zero-order valence-electron chi connectivity index (χ0n) is 9.85. The summed E-state index contributed by atoms with van der Waals surface area (Å²) in [6, 6.07) is 5.00.